The minimum Gasteiger partial charge on any atom is -0.481 e. The average molecular weight is 291 g/mol. The number of benzene rings is 1. The van der Waals surface area contributed by atoms with Gasteiger partial charge in [-0.25, -0.2) is 0 Å². The van der Waals surface area contributed by atoms with Crippen molar-refractivity contribution in [3.05, 3.63) is 30.3 Å². The Morgan fingerprint density at radius 3 is 2.52 bits per heavy atom. The number of carboxylic acid groups (broad SMARTS) is 1. The fourth-order valence-corrected chi connectivity index (χ4v) is 3.15. The lowest BCUT2D eigenvalue weighted by Gasteiger charge is -2.28. The van der Waals surface area contributed by atoms with Crippen LogP contribution in [0.1, 0.15) is 38.5 Å². The second-order valence-corrected chi connectivity index (χ2v) is 5.97. The van der Waals surface area contributed by atoms with E-state index in [0.29, 0.717) is 19.0 Å². The summed E-state index contributed by atoms with van der Waals surface area (Å²) < 4.78 is 0. The lowest BCUT2D eigenvalue weighted by molar-refractivity contribution is -0.136. The van der Waals surface area contributed by atoms with Crippen LogP contribution in [0.3, 0.4) is 0 Å². The van der Waals surface area contributed by atoms with E-state index in [-0.39, 0.29) is 12.5 Å². The van der Waals surface area contributed by atoms with E-state index in [1.54, 1.807) is 0 Å². The predicted molar refractivity (Wildman–Crippen MR) is 83.5 cm³/mol. The molecule has 2 rings (SSSR count). The van der Waals surface area contributed by atoms with Gasteiger partial charge in [0.2, 0.25) is 0 Å². The number of nitrogens with zero attached hydrogens (tertiary/aromatic N) is 1. The molecule has 0 aromatic heterocycles. The van der Waals surface area contributed by atoms with Crippen molar-refractivity contribution in [1.82, 2.24) is 0 Å². The van der Waals surface area contributed by atoms with Gasteiger partial charge in [-0.1, -0.05) is 43.9 Å². The zero-order valence-electron chi connectivity index (χ0n) is 12.4. The summed E-state index contributed by atoms with van der Waals surface area (Å²) in [7, 11) is 0. The van der Waals surface area contributed by atoms with E-state index in [0.717, 1.165) is 12.1 Å². The molecule has 0 spiro atoms. The minimum atomic E-state index is -0.804. The van der Waals surface area contributed by atoms with Gasteiger partial charge in [-0.3, -0.25) is 4.79 Å². The zero-order valence-corrected chi connectivity index (χ0v) is 12.4. The highest BCUT2D eigenvalue weighted by atomic mass is 16.4. The van der Waals surface area contributed by atoms with Crippen LogP contribution >= 0.6 is 0 Å². The fraction of sp³-hybridized carbons (Fsp3) is 0.588. The number of hydrogen-bond donors (Lipinski definition) is 2. The van der Waals surface area contributed by atoms with Crippen LogP contribution in [0.5, 0.6) is 0 Å². The Morgan fingerprint density at radius 1 is 1.24 bits per heavy atom. The van der Waals surface area contributed by atoms with Gasteiger partial charge < -0.3 is 15.1 Å². The monoisotopic (exact) mass is 291 g/mol. The molecule has 0 amide bonds. The van der Waals surface area contributed by atoms with Crippen molar-refractivity contribution in [2.45, 2.75) is 44.6 Å². The van der Waals surface area contributed by atoms with Crippen LogP contribution in [0.25, 0.3) is 0 Å². The van der Waals surface area contributed by atoms with Gasteiger partial charge in [0.1, 0.15) is 0 Å². The normalized spacial score (nSPS) is 16.8. The van der Waals surface area contributed by atoms with Crippen molar-refractivity contribution in [3.63, 3.8) is 0 Å². The van der Waals surface area contributed by atoms with Crippen LogP contribution in [-0.4, -0.2) is 35.4 Å². The molecule has 0 heterocycles. The van der Waals surface area contributed by atoms with Gasteiger partial charge in [0.25, 0.3) is 0 Å². The third-order valence-corrected chi connectivity index (χ3v) is 4.23. The molecule has 1 fully saturated rings. The van der Waals surface area contributed by atoms with Crippen molar-refractivity contribution in [2.24, 2.45) is 5.92 Å². The van der Waals surface area contributed by atoms with Crippen LogP contribution in [0.4, 0.5) is 5.69 Å². The molecule has 1 aliphatic carbocycles. The van der Waals surface area contributed by atoms with Crippen molar-refractivity contribution < 1.29 is 15.0 Å². The lowest BCUT2D eigenvalue weighted by atomic mass is 9.99. The molecule has 0 saturated heterocycles. The van der Waals surface area contributed by atoms with Crippen molar-refractivity contribution >= 4 is 11.7 Å². The highest BCUT2D eigenvalue weighted by Gasteiger charge is 2.21. The summed E-state index contributed by atoms with van der Waals surface area (Å²) in [5, 5.41) is 19.2. The van der Waals surface area contributed by atoms with Crippen molar-refractivity contribution in [1.29, 1.82) is 0 Å². The fourth-order valence-electron chi connectivity index (χ4n) is 3.15. The average Bonchev–Trinajstić information content (AvgIpc) is 2.97. The Balaban J connectivity index is 1.92. The van der Waals surface area contributed by atoms with E-state index in [2.05, 4.69) is 0 Å². The van der Waals surface area contributed by atoms with Gasteiger partial charge in [-0.05, 0) is 24.5 Å². The van der Waals surface area contributed by atoms with Crippen LogP contribution in [0, 0.1) is 5.92 Å². The van der Waals surface area contributed by atoms with Gasteiger partial charge in [0.15, 0.2) is 0 Å². The number of anilines is 1. The van der Waals surface area contributed by atoms with E-state index < -0.39 is 5.97 Å². The molecule has 0 aliphatic heterocycles. The summed E-state index contributed by atoms with van der Waals surface area (Å²) >= 11 is 0. The van der Waals surface area contributed by atoms with E-state index in [4.69, 9.17) is 5.11 Å². The van der Waals surface area contributed by atoms with E-state index in [1.807, 2.05) is 35.2 Å². The molecule has 0 radical (unpaired) electrons. The summed E-state index contributed by atoms with van der Waals surface area (Å²) in [5.41, 5.74) is 0.976. The summed E-state index contributed by atoms with van der Waals surface area (Å²) in [6.07, 6.45) is 5.52. The van der Waals surface area contributed by atoms with Gasteiger partial charge in [-0.2, -0.15) is 0 Å². The first-order chi connectivity index (χ1) is 10.1. The third-order valence-electron chi connectivity index (χ3n) is 4.23. The maximum absolute atomic E-state index is 10.8. The Morgan fingerprint density at radius 2 is 1.90 bits per heavy atom. The summed E-state index contributed by atoms with van der Waals surface area (Å²) in [6.45, 7) is 0.939. The van der Waals surface area contributed by atoms with Crippen LogP contribution in [-0.2, 0) is 4.79 Å². The number of rotatable bonds is 8. The van der Waals surface area contributed by atoms with Gasteiger partial charge in [0, 0.05) is 18.8 Å². The first-order valence-electron chi connectivity index (χ1n) is 7.85. The number of carbonyl (C=O) groups is 1. The summed E-state index contributed by atoms with van der Waals surface area (Å²) in [5.74, 6) is -0.168. The van der Waals surface area contributed by atoms with Crippen LogP contribution in [0.15, 0.2) is 30.3 Å². The number of aliphatic hydroxyl groups excluding tert-OH is 1. The Hall–Kier alpha value is -1.55. The summed E-state index contributed by atoms with van der Waals surface area (Å²) in [4.78, 5) is 12.8. The highest BCUT2D eigenvalue weighted by molar-refractivity contribution is 5.67. The quantitative estimate of drug-likeness (QED) is 0.773. The van der Waals surface area contributed by atoms with Gasteiger partial charge in [-0.15, -0.1) is 0 Å². The number of para-hydroxylation sites is 1. The predicted octanol–water partition coefficient (Wildman–Crippen LogP) is 2.91. The molecule has 116 valence electrons. The zero-order chi connectivity index (χ0) is 15.1. The molecule has 1 aromatic carbocycles. The molecule has 2 N–H and O–H groups in total. The maximum atomic E-state index is 10.8. The smallest absolute Gasteiger partial charge is 0.305 e. The topological polar surface area (TPSA) is 60.8 Å². The highest BCUT2D eigenvalue weighted by Crippen LogP contribution is 2.29. The SMILES string of the molecule is O=C(O)CCN(CC(O)CC1CCCC1)c1ccccc1. The van der Waals surface area contributed by atoms with Crippen molar-refractivity contribution in [3.8, 4) is 0 Å². The molecular weight excluding hydrogens is 266 g/mol. The largest absolute Gasteiger partial charge is 0.481 e. The second-order valence-electron chi connectivity index (χ2n) is 5.97. The molecule has 1 unspecified atom stereocenters. The van der Waals surface area contributed by atoms with Crippen LogP contribution in [0.2, 0.25) is 0 Å². The molecular formula is C17H25NO3. The number of aliphatic hydroxyl groups is 1. The van der Waals surface area contributed by atoms with Gasteiger partial charge in [0.05, 0.1) is 12.5 Å². The van der Waals surface area contributed by atoms with Gasteiger partial charge >= 0.3 is 5.97 Å². The van der Waals surface area contributed by atoms with Crippen molar-refractivity contribution in [2.75, 3.05) is 18.0 Å². The first-order valence-corrected chi connectivity index (χ1v) is 7.85. The van der Waals surface area contributed by atoms with E-state index >= 15 is 0 Å². The number of carboxylic acids is 1. The number of aliphatic carboxylic acids is 1. The molecule has 1 aromatic rings. The third kappa shape index (κ3) is 5.38. The molecule has 21 heavy (non-hydrogen) atoms. The van der Waals surface area contributed by atoms with E-state index in [1.165, 1.54) is 25.7 Å². The minimum absolute atomic E-state index is 0.0883. The maximum Gasteiger partial charge on any atom is 0.305 e. The Labute approximate surface area is 126 Å². The molecule has 1 atom stereocenters. The first kappa shape index (κ1) is 15.8. The lowest BCUT2D eigenvalue weighted by Crippen LogP contribution is -2.35. The molecule has 1 aliphatic rings. The van der Waals surface area contributed by atoms with Crippen LogP contribution < -0.4 is 4.90 Å². The Bertz CT molecular complexity index is 429. The Kier molecular flexibility index (Phi) is 6.05. The van der Waals surface area contributed by atoms with E-state index in [9.17, 15) is 9.90 Å². The number of hydrogen-bond acceptors (Lipinski definition) is 3. The second kappa shape index (κ2) is 8.03. The molecule has 0 bridgehead atoms. The summed E-state index contributed by atoms with van der Waals surface area (Å²) in [6, 6.07) is 9.74. The molecule has 4 nitrogen and oxygen atoms in total. The standard InChI is InChI=1S/C17H25NO3/c19-16(12-14-6-4-5-7-14)13-18(11-10-17(20)21)15-8-2-1-3-9-15/h1-3,8-9,14,16,19H,4-7,10-13H2,(H,20,21). The molecule has 4 heteroatoms. The molecule has 1 saturated carbocycles.